The summed E-state index contributed by atoms with van der Waals surface area (Å²) in [6, 6.07) is 11.9. The van der Waals surface area contributed by atoms with Crippen molar-refractivity contribution in [3.8, 4) is 17.2 Å². The van der Waals surface area contributed by atoms with E-state index in [0.717, 1.165) is 11.3 Å². The molecule has 0 saturated heterocycles. The van der Waals surface area contributed by atoms with Crippen molar-refractivity contribution in [3.63, 3.8) is 0 Å². The molecule has 2 aromatic carbocycles. The molecule has 0 atom stereocenters. The highest BCUT2D eigenvalue weighted by atomic mass is 19.3. The van der Waals surface area contributed by atoms with Gasteiger partial charge in [-0.05, 0) is 42.3 Å². The minimum atomic E-state index is -2.95. The first-order chi connectivity index (χ1) is 12.5. The van der Waals surface area contributed by atoms with Crippen molar-refractivity contribution in [2.75, 3.05) is 13.7 Å². The van der Waals surface area contributed by atoms with Gasteiger partial charge < -0.3 is 19.5 Å². The summed E-state index contributed by atoms with van der Waals surface area (Å²) < 4.78 is 39.6. The third kappa shape index (κ3) is 5.91. The van der Waals surface area contributed by atoms with E-state index < -0.39 is 6.61 Å². The Morgan fingerprint density at radius 2 is 1.77 bits per heavy atom. The molecule has 2 aromatic rings. The molecule has 0 heterocycles. The largest absolute Gasteiger partial charge is 0.494 e. The molecule has 140 valence electrons. The summed E-state index contributed by atoms with van der Waals surface area (Å²) in [6.07, 6.45) is 0.211. The lowest BCUT2D eigenvalue weighted by Gasteiger charge is -2.12. The fraction of sp³-hybridized carbons (Fsp3) is 0.316. The molecule has 0 unspecified atom stereocenters. The van der Waals surface area contributed by atoms with Crippen LogP contribution in [0.2, 0.25) is 0 Å². The summed E-state index contributed by atoms with van der Waals surface area (Å²) in [6.45, 7) is -0.273. The Hall–Kier alpha value is -2.83. The zero-order valence-electron chi connectivity index (χ0n) is 14.6. The van der Waals surface area contributed by atoms with Crippen LogP contribution in [0, 0.1) is 0 Å². The van der Waals surface area contributed by atoms with E-state index in [2.05, 4.69) is 10.1 Å². The van der Waals surface area contributed by atoms with E-state index in [0.29, 0.717) is 12.2 Å². The van der Waals surface area contributed by atoms with Crippen LogP contribution in [-0.2, 0) is 17.8 Å². The van der Waals surface area contributed by atoms with Gasteiger partial charge in [-0.15, -0.1) is 0 Å². The van der Waals surface area contributed by atoms with Gasteiger partial charge in [-0.3, -0.25) is 4.79 Å². The third-order valence-corrected chi connectivity index (χ3v) is 3.53. The highest BCUT2D eigenvalue weighted by molar-refractivity contribution is 5.78. The quantitative estimate of drug-likeness (QED) is 0.738. The molecule has 0 fully saturated rings. The Kier molecular flexibility index (Phi) is 7.20. The summed E-state index contributed by atoms with van der Waals surface area (Å²) in [5, 5.41) is 2.75. The van der Waals surface area contributed by atoms with Crippen LogP contribution >= 0.6 is 0 Å². The average molecular weight is 365 g/mol. The molecule has 0 radical (unpaired) electrons. The van der Waals surface area contributed by atoms with Gasteiger partial charge in [0.2, 0.25) is 5.91 Å². The van der Waals surface area contributed by atoms with Crippen LogP contribution in [-0.4, -0.2) is 26.2 Å². The smallest absolute Gasteiger partial charge is 0.387 e. The van der Waals surface area contributed by atoms with Crippen molar-refractivity contribution in [3.05, 3.63) is 53.6 Å². The summed E-state index contributed by atoms with van der Waals surface area (Å²) in [5.74, 6) is 0.707. The predicted octanol–water partition coefficient (Wildman–Crippen LogP) is 3.55. The number of rotatable bonds is 9. The SMILES string of the molecule is CCOc1ccc(CC(=O)NCc2ccc(OC)c(OC(F)F)c2)cc1. The first-order valence-corrected chi connectivity index (χ1v) is 8.12. The van der Waals surface area contributed by atoms with Crippen molar-refractivity contribution >= 4 is 5.91 Å². The van der Waals surface area contributed by atoms with Crippen LogP contribution in [0.4, 0.5) is 8.78 Å². The first kappa shape index (κ1) is 19.5. The van der Waals surface area contributed by atoms with E-state index in [4.69, 9.17) is 9.47 Å². The highest BCUT2D eigenvalue weighted by Crippen LogP contribution is 2.29. The van der Waals surface area contributed by atoms with Crippen LogP contribution in [0.3, 0.4) is 0 Å². The minimum Gasteiger partial charge on any atom is -0.494 e. The van der Waals surface area contributed by atoms with Gasteiger partial charge in [0.25, 0.3) is 0 Å². The molecule has 0 bridgehead atoms. The average Bonchev–Trinajstić information content (AvgIpc) is 2.61. The number of halogens is 2. The normalized spacial score (nSPS) is 10.5. The van der Waals surface area contributed by atoms with Crippen molar-refractivity contribution in [1.29, 1.82) is 0 Å². The lowest BCUT2D eigenvalue weighted by molar-refractivity contribution is -0.120. The lowest BCUT2D eigenvalue weighted by Crippen LogP contribution is -2.24. The molecule has 2 rings (SSSR count). The number of hydrogen-bond donors (Lipinski definition) is 1. The van der Waals surface area contributed by atoms with E-state index in [-0.39, 0.29) is 30.4 Å². The zero-order chi connectivity index (χ0) is 18.9. The Balaban J connectivity index is 1.92. The van der Waals surface area contributed by atoms with Gasteiger partial charge in [0.15, 0.2) is 11.5 Å². The number of carbonyl (C=O) groups is 1. The number of nitrogens with one attached hydrogen (secondary N) is 1. The van der Waals surface area contributed by atoms with E-state index in [1.807, 2.05) is 31.2 Å². The number of alkyl halides is 2. The molecular weight excluding hydrogens is 344 g/mol. The second-order valence-electron chi connectivity index (χ2n) is 5.39. The summed E-state index contributed by atoms with van der Waals surface area (Å²) in [5.41, 5.74) is 1.48. The van der Waals surface area contributed by atoms with E-state index in [9.17, 15) is 13.6 Å². The predicted molar refractivity (Wildman–Crippen MR) is 92.8 cm³/mol. The number of amides is 1. The highest BCUT2D eigenvalue weighted by Gasteiger charge is 2.12. The topological polar surface area (TPSA) is 56.8 Å². The van der Waals surface area contributed by atoms with Crippen LogP contribution in [0.5, 0.6) is 17.2 Å². The summed E-state index contributed by atoms with van der Waals surface area (Å²) in [7, 11) is 1.37. The Labute approximate surface area is 150 Å². The minimum absolute atomic E-state index is 0.0687. The first-order valence-electron chi connectivity index (χ1n) is 8.12. The van der Waals surface area contributed by atoms with Crippen LogP contribution < -0.4 is 19.5 Å². The maximum absolute atomic E-state index is 12.4. The van der Waals surface area contributed by atoms with Crippen molar-refractivity contribution in [1.82, 2.24) is 5.32 Å². The molecule has 1 N–H and O–H groups in total. The number of ether oxygens (including phenoxy) is 3. The fourth-order valence-electron chi connectivity index (χ4n) is 2.34. The van der Waals surface area contributed by atoms with Gasteiger partial charge in [-0.2, -0.15) is 8.78 Å². The molecule has 0 spiro atoms. The van der Waals surface area contributed by atoms with Crippen LogP contribution in [0.15, 0.2) is 42.5 Å². The standard InChI is InChI=1S/C19H21F2NO4/c1-3-25-15-7-4-13(5-8-15)11-18(23)22-12-14-6-9-16(24-2)17(10-14)26-19(20)21/h4-10,19H,3,11-12H2,1-2H3,(H,22,23). The van der Waals surface area contributed by atoms with E-state index >= 15 is 0 Å². The maximum atomic E-state index is 12.4. The van der Waals surface area contributed by atoms with Crippen LogP contribution in [0.1, 0.15) is 18.1 Å². The van der Waals surface area contributed by atoms with Gasteiger partial charge in [0.05, 0.1) is 20.1 Å². The molecule has 7 heteroatoms. The number of benzene rings is 2. The second kappa shape index (κ2) is 9.60. The summed E-state index contributed by atoms with van der Waals surface area (Å²) in [4.78, 5) is 12.1. The van der Waals surface area contributed by atoms with Gasteiger partial charge in [-0.1, -0.05) is 18.2 Å². The Bertz CT molecular complexity index is 720. The maximum Gasteiger partial charge on any atom is 0.387 e. The van der Waals surface area contributed by atoms with Gasteiger partial charge >= 0.3 is 6.61 Å². The molecule has 1 amide bonds. The molecule has 0 aliphatic rings. The monoisotopic (exact) mass is 365 g/mol. The third-order valence-electron chi connectivity index (χ3n) is 3.53. The van der Waals surface area contributed by atoms with Crippen molar-refractivity contribution < 1.29 is 27.8 Å². The zero-order valence-corrected chi connectivity index (χ0v) is 14.6. The van der Waals surface area contributed by atoms with Crippen molar-refractivity contribution in [2.45, 2.75) is 26.5 Å². The van der Waals surface area contributed by atoms with E-state index in [1.165, 1.54) is 19.2 Å². The molecule has 26 heavy (non-hydrogen) atoms. The fourth-order valence-corrected chi connectivity index (χ4v) is 2.34. The second-order valence-corrected chi connectivity index (χ2v) is 5.39. The molecule has 0 aliphatic heterocycles. The van der Waals surface area contributed by atoms with Gasteiger partial charge in [0, 0.05) is 6.54 Å². The molecule has 0 saturated carbocycles. The molecule has 0 aliphatic carbocycles. The van der Waals surface area contributed by atoms with Crippen molar-refractivity contribution in [2.24, 2.45) is 0 Å². The molecule has 0 aromatic heterocycles. The Morgan fingerprint density at radius 3 is 2.38 bits per heavy atom. The lowest BCUT2D eigenvalue weighted by atomic mass is 10.1. The number of carbonyl (C=O) groups excluding carboxylic acids is 1. The van der Waals surface area contributed by atoms with Gasteiger partial charge in [0.1, 0.15) is 5.75 Å². The number of hydrogen-bond acceptors (Lipinski definition) is 4. The Morgan fingerprint density at radius 1 is 1.08 bits per heavy atom. The van der Waals surface area contributed by atoms with Crippen LogP contribution in [0.25, 0.3) is 0 Å². The van der Waals surface area contributed by atoms with E-state index in [1.54, 1.807) is 6.07 Å². The molecule has 5 nitrogen and oxygen atoms in total. The summed E-state index contributed by atoms with van der Waals surface area (Å²) >= 11 is 0. The molecular formula is C19H21F2NO4. The number of methoxy groups -OCH3 is 1. The van der Waals surface area contributed by atoms with Gasteiger partial charge in [-0.25, -0.2) is 0 Å².